The van der Waals surface area contributed by atoms with Gasteiger partial charge < -0.3 is 15.4 Å². The fourth-order valence-electron chi connectivity index (χ4n) is 2.61. The molecule has 1 aliphatic rings. The zero-order chi connectivity index (χ0) is 13.7. The summed E-state index contributed by atoms with van der Waals surface area (Å²) in [5.74, 6) is 0.897. The Morgan fingerprint density at radius 2 is 2.11 bits per heavy atom. The first kappa shape index (κ1) is 14.2. The van der Waals surface area contributed by atoms with Crippen LogP contribution in [0.3, 0.4) is 0 Å². The van der Waals surface area contributed by atoms with Gasteiger partial charge in [0.2, 0.25) is 0 Å². The molecule has 1 aromatic heterocycles. The van der Waals surface area contributed by atoms with E-state index < -0.39 is 0 Å². The standard InChI is InChI=1S/C14H24N4O/c1-11-8-16-12(2)13(18-11)17-9-14(10-19-3)4-6-15-7-5-14/h8,15H,4-7,9-10H2,1-3H3,(H,17,18). The molecule has 5 heteroatoms. The number of nitrogens with one attached hydrogen (secondary N) is 2. The second kappa shape index (κ2) is 6.30. The normalized spacial score (nSPS) is 18.3. The maximum atomic E-state index is 5.42. The van der Waals surface area contributed by atoms with Gasteiger partial charge in [-0.2, -0.15) is 0 Å². The average molecular weight is 264 g/mol. The minimum absolute atomic E-state index is 0.206. The van der Waals surface area contributed by atoms with Crippen molar-refractivity contribution < 1.29 is 4.74 Å². The summed E-state index contributed by atoms with van der Waals surface area (Å²) in [6.07, 6.45) is 4.06. The Hall–Kier alpha value is -1.20. The molecule has 0 bridgehead atoms. The molecule has 0 saturated carbocycles. The lowest BCUT2D eigenvalue weighted by Crippen LogP contribution is -2.44. The maximum absolute atomic E-state index is 5.42. The number of aromatic nitrogens is 2. The highest BCUT2D eigenvalue weighted by molar-refractivity contribution is 5.39. The van der Waals surface area contributed by atoms with Gasteiger partial charge in [-0.3, -0.25) is 4.98 Å². The van der Waals surface area contributed by atoms with Crippen molar-refractivity contribution in [2.24, 2.45) is 5.41 Å². The third kappa shape index (κ3) is 3.64. The van der Waals surface area contributed by atoms with Crippen molar-refractivity contribution in [1.82, 2.24) is 15.3 Å². The van der Waals surface area contributed by atoms with E-state index in [9.17, 15) is 0 Å². The number of nitrogens with zero attached hydrogens (tertiary/aromatic N) is 2. The smallest absolute Gasteiger partial charge is 0.147 e. The summed E-state index contributed by atoms with van der Waals surface area (Å²) in [5, 5.41) is 6.87. The minimum Gasteiger partial charge on any atom is -0.384 e. The summed E-state index contributed by atoms with van der Waals surface area (Å²) in [6.45, 7) is 7.75. The lowest BCUT2D eigenvalue weighted by molar-refractivity contribution is 0.0635. The number of aryl methyl sites for hydroxylation is 2. The van der Waals surface area contributed by atoms with Crippen molar-refractivity contribution in [1.29, 1.82) is 0 Å². The zero-order valence-electron chi connectivity index (χ0n) is 12.1. The molecule has 1 aromatic rings. The molecular weight excluding hydrogens is 240 g/mol. The third-order valence-corrected chi connectivity index (χ3v) is 3.82. The largest absolute Gasteiger partial charge is 0.384 e. The Bertz CT molecular complexity index is 410. The SMILES string of the molecule is COCC1(CNc2nc(C)cnc2C)CCNCC1. The number of ether oxygens (including phenoxy) is 1. The second-order valence-corrected chi connectivity index (χ2v) is 5.48. The molecule has 0 aliphatic carbocycles. The van der Waals surface area contributed by atoms with E-state index in [1.165, 1.54) is 0 Å². The van der Waals surface area contributed by atoms with Crippen molar-refractivity contribution >= 4 is 5.82 Å². The molecule has 2 N–H and O–H groups in total. The zero-order valence-corrected chi connectivity index (χ0v) is 12.1. The summed E-state index contributed by atoms with van der Waals surface area (Å²) in [6, 6.07) is 0. The van der Waals surface area contributed by atoms with Crippen LogP contribution in [0.1, 0.15) is 24.2 Å². The van der Waals surface area contributed by atoms with Crippen LogP contribution in [0, 0.1) is 19.3 Å². The monoisotopic (exact) mass is 264 g/mol. The minimum atomic E-state index is 0.206. The van der Waals surface area contributed by atoms with Crippen LogP contribution >= 0.6 is 0 Å². The van der Waals surface area contributed by atoms with E-state index in [-0.39, 0.29) is 5.41 Å². The number of hydrogen-bond acceptors (Lipinski definition) is 5. The summed E-state index contributed by atoms with van der Waals surface area (Å²) in [5.41, 5.74) is 2.10. The van der Waals surface area contributed by atoms with Gasteiger partial charge in [0.25, 0.3) is 0 Å². The Morgan fingerprint density at radius 1 is 1.37 bits per heavy atom. The Balaban J connectivity index is 2.03. The van der Waals surface area contributed by atoms with Crippen molar-refractivity contribution in [3.63, 3.8) is 0 Å². The molecule has 0 atom stereocenters. The summed E-state index contributed by atoms with van der Waals surface area (Å²) < 4.78 is 5.42. The molecular formula is C14H24N4O. The van der Waals surface area contributed by atoms with Crippen LogP contribution in [0.5, 0.6) is 0 Å². The highest BCUT2D eigenvalue weighted by Crippen LogP contribution is 2.29. The van der Waals surface area contributed by atoms with Crippen LogP contribution in [0.2, 0.25) is 0 Å². The first-order valence-corrected chi connectivity index (χ1v) is 6.89. The van der Waals surface area contributed by atoms with Crippen molar-refractivity contribution in [3.05, 3.63) is 17.6 Å². The van der Waals surface area contributed by atoms with Gasteiger partial charge in [-0.25, -0.2) is 4.98 Å². The lowest BCUT2D eigenvalue weighted by atomic mass is 9.79. The van der Waals surface area contributed by atoms with Crippen LogP contribution in [0.15, 0.2) is 6.20 Å². The van der Waals surface area contributed by atoms with Crippen molar-refractivity contribution in [3.8, 4) is 0 Å². The van der Waals surface area contributed by atoms with E-state index in [2.05, 4.69) is 20.6 Å². The number of anilines is 1. The number of hydrogen-bond donors (Lipinski definition) is 2. The molecule has 0 spiro atoms. The fraction of sp³-hybridized carbons (Fsp3) is 0.714. The molecule has 0 amide bonds. The van der Waals surface area contributed by atoms with Gasteiger partial charge >= 0.3 is 0 Å². The highest BCUT2D eigenvalue weighted by Gasteiger charge is 2.32. The Labute approximate surface area is 115 Å². The van der Waals surface area contributed by atoms with Crippen LogP contribution in [-0.2, 0) is 4.74 Å². The van der Waals surface area contributed by atoms with Crippen LogP contribution in [-0.4, -0.2) is 43.3 Å². The predicted octanol–water partition coefficient (Wildman–Crippen LogP) is 1.52. The van der Waals surface area contributed by atoms with E-state index in [1.54, 1.807) is 13.3 Å². The highest BCUT2D eigenvalue weighted by atomic mass is 16.5. The summed E-state index contributed by atoms with van der Waals surface area (Å²) in [4.78, 5) is 8.86. The van der Waals surface area contributed by atoms with E-state index in [0.29, 0.717) is 0 Å². The Morgan fingerprint density at radius 3 is 2.79 bits per heavy atom. The van der Waals surface area contributed by atoms with Gasteiger partial charge in [0.05, 0.1) is 18.0 Å². The van der Waals surface area contributed by atoms with E-state index >= 15 is 0 Å². The molecule has 0 unspecified atom stereocenters. The van der Waals surface area contributed by atoms with Gasteiger partial charge in [0.15, 0.2) is 0 Å². The lowest BCUT2D eigenvalue weighted by Gasteiger charge is -2.37. The molecule has 19 heavy (non-hydrogen) atoms. The maximum Gasteiger partial charge on any atom is 0.147 e. The molecule has 2 heterocycles. The van der Waals surface area contributed by atoms with Crippen LogP contribution in [0.25, 0.3) is 0 Å². The average Bonchev–Trinajstić information content (AvgIpc) is 2.41. The first-order chi connectivity index (χ1) is 9.15. The van der Waals surface area contributed by atoms with Crippen LogP contribution in [0.4, 0.5) is 5.82 Å². The second-order valence-electron chi connectivity index (χ2n) is 5.48. The van der Waals surface area contributed by atoms with Gasteiger partial charge in [-0.1, -0.05) is 0 Å². The number of rotatable bonds is 5. The molecule has 5 nitrogen and oxygen atoms in total. The van der Waals surface area contributed by atoms with Gasteiger partial charge in [0.1, 0.15) is 5.82 Å². The summed E-state index contributed by atoms with van der Waals surface area (Å²) in [7, 11) is 1.78. The quantitative estimate of drug-likeness (QED) is 0.844. The Kier molecular flexibility index (Phi) is 4.71. The topological polar surface area (TPSA) is 59.1 Å². The van der Waals surface area contributed by atoms with E-state index in [0.717, 1.165) is 56.3 Å². The molecule has 106 valence electrons. The molecule has 0 aromatic carbocycles. The van der Waals surface area contributed by atoms with E-state index in [1.807, 2.05) is 13.8 Å². The number of methoxy groups -OCH3 is 1. The fourth-order valence-corrected chi connectivity index (χ4v) is 2.61. The first-order valence-electron chi connectivity index (χ1n) is 6.89. The number of piperidine rings is 1. The van der Waals surface area contributed by atoms with Gasteiger partial charge in [-0.05, 0) is 39.8 Å². The van der Waals surface area contributed by atoms with Gasteiger partial charge in [-0.15, -0.1) is 0 Å². The molecule has 0 radical (unpaired) electrons. The van der Waals surface area contributed by atoms with Gasteiger partial charge in [0, 0.05) is 25.3 Å². The van der Waals surface area contributed by atoms with Crippen molar-refractivity contribution in [2.75, 3.05) is 38.7 Å². The molecule has 1 aliphatic heterocycles. The predicted molar refractivity (Wildman–Crippen MR) is 76.4 cm³/mol. The molecule has 1 saturated heterocycles. The molecule has 2 rings (SSSR count). The van der Waals surface area contributed by atoms with E-state index in [4.69, 9.17) is 4.74 Å². The van der Waals surface area contributed by atoms with Crippen LogP contribution < -0.4 is 10.6 Å². The van der Waals surface area contributed by atoms with Crippen molar-refractivity contribution in [2.45, 2.75) is 26.7 Å². The third-order valence-electron chi connectivity index (χ3n) is 3.82. The molecule has 1 fully saturated rings. The summed E-state index contributed by atoms with van der Waals surface area (Å²) >= 11 is 0.